The number of fused-ring (bicyclic) bond motifs is 1. The molecule has 0 saturated carbocycles. The van der Waals surface area contributed by atoms with Crippen LogP contribution in [0.15, 0.2) is 60.0 Å². The first-order valence-corrected chi connectivity index (χ1v) is 8.98. The molecule has 1 atom stereocenters. The highest BCUT2D eigenvalue weighted by Gasteiger charge is 2.36. The topological polar surface area (TPSA) is 114 Å². The summed E-state index contributed by atoms with van der Waals surface area (Å²) >= 11 is 0. The van der Waals surface area contributed by atoms with E-state index in [4.69, 9.17) is 10.5 Å². The van der Waals surface area contributed by atoms with E-state index in [1.165, 1.54) is 16.8 Å². The second-order valence-electron chi connectivity index (χ2n) is 6.91. The molecule has 0 amide bonds. The third-order valence-electron chi connectivity index (χ3n) is 4.98. The van der Waals surface area contributed by atoms with Gasteiger partial charge >= 0.3 is 5.97 Å². The summed E-state index contributed by atoms with van der Waals surface area (Å²) in [5.74, 6) is -1.05. The normalized spacial score (nSPS) is 15.4. The Hall–Kier alpha value is -4.05. The number of benzene rings is 2. The molecule has 0 bridgehead atoms. The maximum Gasteiger partial charge on any atom is 0.335 e. The summed E-state index contributed by atoms with van der Waals surface area (Å²) in [5.41, 5.74) is 10.5. The number of aromatic carboxylic acids is 1. The SMILES string of the molecule is Cc1ccc(C2C(C#N)=C(N)Oc3c2c(C)nn3-c2cccc(C(=O)O)c2)cc1. The average molecular weight is 386 g/mol. The minimum Gasteiger partial charge on any atom is -0.478 e. The van der Waals surface area contributed by atoms with Gasteiger partial charge in [-0.1, -0.05) is 35.9 Å². The number of nitrogens with two attached hydrogens (primary N) is 1. The van der Waals surface area contributed by atoms with Crippen LogP contribution in [-0.4, -0.2) is 20.9 Å². The van der Waals surface area contributed by atoms with Crippen LogP contribution in [0, 0.1) is 25.2 Å². The summed E-state index contributed by atoms with van der Waals surface area (Å²) in [6.07, 6.45) is 0. The van der Waals surface area contributed by atoms with Gasteiger partial charge in [0.1, 0.15) is 11.6 Å². The van der Waals surface area contributed by atoms with Gasteiger partial charge in [-0.2, -0.15) is 10.4 Å². The quantitative estimate of drug-likeness (QED) is 0.713. The highest BCUT2D eigenvalue weighted by atomic mass is 16.5. The zero-order valence-electron chi connectivity index (χ0n) is 15.9. The van der Waals surface area contributed by atoms with Crippen molar-refractivity contribution in [3.63, 3.8) is 0 Å². The van der Waals surface area contributed by atoms with Crippen molar-refractivity contribution in [3.05, 3.63) is 87.9 Å². The molecule has 0 fully saturated rings. The van der Waals surface area contributed by atoms with Crippen LogP contribution >= 0.6 is 0 Å². The molecule has 7 nitrogen and oxygen atoms in total. The molecule has 3 aromatic rings. The minimum absolute atomic E-state index is 0.0149. The number of nitrogens with zero attached hydrogens (tertiary/aromatic N) is 3. The van der Waals surface area contributed by atoms with E-state index in [0.29, 0.717) is 22.8 Å². The predicted molar refractivity (Wildman–Crippen MR) is 106 cm³/mol. The van der Waals surface area contributed by atoms with E-state index < -0.39 is 11.9 Å². The summed E-state index contributed by atoms with van der Waals surface area (Å²) in [4.78, 5) is 11.4. The molecule has 3 N–H and O–H groups in total. The van der Waals surface area contributed by atoms with Gasteiger partial charge in [0.25, 0.3) is 0 Å². The van der Waals surface area contributed by atoms with Crippen LogP contribution in [0.4, 0.5) is 0 Å². The largest absolute Gasteiger partial charge is 0.478 e. The van der Waals surface area contributed by atoms with Gasteiger partial charge in [0.15, 0.2) is 0 Å². The Morgan fingerprint density at radius 2 is 1.97 bits per heavy atom. The second-order valence-corrected chi connectivity index (χ2v) is 6.91. The molecule has 29 heavy (non-hydrogen) atoms. The Bertz CT molecular complexity index is 1200. The molecule has 7 heteroatoms. The molecule has 1 aliphatic heterocycles. The smallest absolute Gasteiger partial charge is 0.335 e. The molecule has 2 heterocycles. The zero-order valence-corrected chi connectivity index (χ0v) is 15.9. The van der Waals surface area contributed by atoms with E-state index in [-0.39, 0.29) is 11.4 Å². The standard InChI is InChI=1S/C22H18N4O3/c1-12-6-8-14(9-7-12)19-17(11-23)20(24)29-21-18(19)13(2)25-26(21)16-5-3-4-15(10-16)22(27)28/h3-10,19H,24H2,1-2H3,(H,27,28). The Kier molecular flexibility index (Phi) is 4.32. The van der Waals surface area contributed by atoms with Gasteiger partial charge in [-0.25, -0.2) is 9.48 Å². The van der Waals surface area contributed by atoms with Crippen molar-refractivity contribution in [3.8, 4) is 17.6 Å². The van der Waals surface area contributed by atoms with Gasteiger partial charge in [-0.15, -0.1) is 0 Å². The van der Waals surface area contributed by atoms with Gasteiger partial charge in [-0.3, -0.25) is 0 Å². The number of hydrogen-bond donors (Lipinski definition) is 2. The van der Waals surface area contributed by atoms with Crippen molar-refractivity contribution in [1.29, 1.82) is 5.26 Å². The van der Waals surface area contributed by atoms with Gasteiger partial charge < -0.3 is 15.6 Å². The highest BCUT2D eigenvalue weighted by molar-refractivity contribution is 5.88. The number of allylic oxidation sites excluding steroid dienone is 1. The second kappa shape index (κ2) is 6.84. The Labute approximate surface area is 167 Å². The number of aryl methyl sites for hydroxylation is 2. The number of hydrogen-bond acceptors (Lipinski definition) is 5. The van der Waals surface area contributed by atoms with Crippen molar-refractivity contribution in [2.24, 2.45) is 5.73 Å². The zero-order chi connectivity index (χ0) is 20.7. The van der Waals surface area contributed by atoms with Crippen molar-refractivity contribution in [2.45, 2.75) is 19.8 Å². The van der Waals surface area contributed by atoms with Crippen LogP contribution in [0.5, 0.6) is 5.88 Å². The van der Waals surface area contributed by atoms with Crippen molar-refractivity contribution in [1.82, 2.24) is 9.78 Å². The lowest BCUT2D eigenvalue weighted by Gasteiger charge is -2.25. The van der Waals surface area contributed by atoms with Crippen molar-refractivity contribution in [2.75, 3.05) is 0 Å². The van der Waals surface area contributed by atoms with Crippen LogP contribution in [0.3, 0.4) is 0 Å². The fourth-order valence-corrected chi connectivity index (χ4v) is 3.55. The monoisotopic (exact) mass is 386 g/mol. The first-order valence-electron chi connectivity index (χ1n) is 8.98. The van der Waals surface area contributed by atoms with Gasteiger partial charge in [0, 0.05) is 0 Å². The van der Waals surface area contributed by atoms with Crippen molar-refractivity contribution >= 4 is 5.97 Å². The summed E-state index contributed by atoms with van der Waals surface area (Å²) in [6.45, 7) is 3.82. The highest BCUT2D eigenvalue weighted by Crippen LogP contribution is 2.44. The van der Waals surface area contributed by atoms with Crippen LogP contribution < -0.4 is 10.5 Å². The summed E-state index contributed by atoms with van der Waals surface area (Å²) in [6, 6.07) is 16.4. The van der Waals surface area contributed by atoms with Gasteiger partial charge in [-0.05, 0) is 37.6 Å². The van der Waals surface area contributed by atoms with Crippen LogP contribution in [0.1, 0.15) is 38.7 Å². The first kappa shape index (κ1) is 18.3. The van der Waals surface area contributed by atoms with Crippen LogP contribution in [0.2, 0.25) is 0 Å². The van der Waals surface area contributed by atoms with Crippen LogP contribution in [0.25, 0.3) is 5.69 Å². The molecule has 144 valence electrons. The first-order chi connectivity index (χ1) is 13.9. The molecule has 0 spiro atoms. The fraction of sp³-hybridized carbons (Fsp3) is 0.136. The van der Waals surface area contributed by atoms with E-state index in [1.54, 1.807) is 12.1 Å². The molecule has 2 aromatic carbocycles. The summed E-state index contributed by atoms with van der Waals surface area (Å²) < 4.78 is 7.33. The number of carbonyl (C=O) groups is 1. The van der Waals surface area contributed by atoms with E-state index >= 15 is 0 Å². The van der Waals surface area contributed by atoms with Crippen molar-refractivity contribution < 1.29 is 14.6 Å². The third kappa shape index (κ3) is 3.01. The lowest BCUT2D eigenvalue weighted by molar-refractivity contribution is 0.0697. The van der Waals surface area contributed by atoms with E-state index in [1.807, 2.05) is 38.1 Å². The number of rotatable bonds is 3. The molecule has 1 aliphatic rings. The lowest BCUT2D eigenvalue weighted by atomic mass is 9.84. The Balaban J connectivity index is 1.93. The van der Waals surface area contributed by atoms with E-state index in [2.05, 4.69) is 11.2 Å². The summed E-state index contributed by atoms with van der Waals surface area (Å²) in [7, 11) is 0. The Morgan fingerprint density at radius 1 is 1.24 bits per heavy atom. The number of carboxylic acids is 1. The number of ether oxygens (including phenoxy) is 1. The number of carboxylic acid groups (broad SMARTS) is 1. The third-order valence-corrected chi connectivity index (χ3v) is 4.98. The van der Waals surface area contributed by atoms with E-state index in [9.17, 15) is 15.2 Å². The van der Waals surface area contributed by atoms with Gasteiger partial charge in [0.05, 0.1) is 28.4 Å². The maximum absolute atomic E-state index is 11.4. The maximum atomic E-state index is 11.4. The predicted octanol–water partition coefficient (Wildman–Crippen LogP) is 3.41. The molecule has 1 aromatic heterocycles. The van der Waals surface area contributed by atoms with Gasteiger partial charge in [0.2, 0.25) is 11.8 Å². The molecular formula is C22H18N4O3. The molecule has 0 aliphatic carbocycles. The molecule has 0 radical (unpaired) electrons. The lowest BCUT2D eigenvalue weighted by Crippen LogP contribution is -2.22. The average Bonchev–Trinajstić information content (AvgIpc) is 3.03. The van der Waals surface area contributed by atoms with Crippen LogP contribution in [-0.2, 0) is 0 Å². The molecule has 1 unspecified atom stereocenters. The number of nitriles is 1. The van der Waals surface area contributed by atoms with E-state index in [0.717, 1.165) is 16.7 Å². The molecule has 4 rings (SSSR count). The number of aromatic nitrogens is 2. The molecular weight excluding hydrogens is 368 g/mol. The fourth-order valence-electron chi connectivity index (χ4n) is 3.55. The molecule has 0 saturated heterocycles. The Morgan fingerprint density at radius 3 is 2.62 bits per heavy atom. The summed E-state index contributed by atoms with van der Waals surface area (Å²) in [5, 5.41) is 23.6. The minimum atomic E-state index is -1.03.